The second kappa shape index (κ2) is 10.2. The van der Waals surface area contributed by atoms with E-state index < -0.39 is 0 Å². The molecule has 2 rings (SSSR count). The molecule has 0 aliphatic carbocycles. The maximum atomic E-state index is 12.3. The van der Waals surface area contributed by atoms with Crippen molar-refractivity contribution in [3.05, 3.63) is 65.2 Å². The number of nitrogens with zero attached hydrogens (tertiary/aromatic N) is 3. The molecule has 27 heavy (non-hydrogen) atoms. The third-order valence-electron chi connectivity index (χ3n) is 4.00. The first-order valence-corrected chi connectivity index (χ1v) is 8.82. The maximum absolute atomic E-state index is 12.3. The first kappa shape index (κ1) is 20.3. The van der Waals surface area contributed by atoms with Gasteiger partial charge in [-0.3, -0.25) is 0 Å². The minimum Gasteiger partial charge on any atom is -0.492 e. The van der Waals surface area contributed by atoms with Crippen molar-refractivity contribution in [1.29, 1.82) is 5.26 Å². The molecule has 2 aromatic carbocycles. The average molecular weight is 366 g/mol. The summed E-state index contributed by atoms with van der Waals surface area (Å²) in [7, 11) is 5.75. The highest BCUT2D eigenvalue weighted by Crippen LogP contribution is 2.13. The van der Waals surface area contributed by atoms with Crippen LogP contribution < -0.4 is 10.1 Å². The average Bonchev–Trinajstić information content (AvgIpc) is 2.66. The van der Waals surface area contributed by atoms with Crippen molar-refractivity contribution in [2.75, 3.05) is 34.3 Å². The predicted molar refractivity (Wildman–Crippen MR) is 105 cm³/mol. The van der Waals surface area contributed by atoms with Gasteiger partial charge in [-0.2, -0.15) is 5.26 Å². The Labute approximate surface area is 161 Å². The highest BCUT2D eigenvalue weighted by atomic mass is 16.5. The lowest BCUT2D eigenvalue weighted by atomic mass is 10.1. The van der Waals surface area contributed by atoms with Crippen LogP contribution in [0.15, 0.2) is 48.5 Å². The summed E-state index contributed by atoms with van der Waals surface area (Å²) < 4.78 is 5.72. The van der Waals surface area contributed by atoms with Crippen LogP contribution in [0.3, 0.4) is 0 Å². The molecule has 0 heterocycles. The summed E-state index contributed by atoms with van der Waals surface area (Å²) in [5, 5.41) is 11.7. The van der Waals surface area contributed by atoms with Gasteiger partial charge in [0, 0.05) is 26.7 Å². The number of likely N-dealkylation sites (N-methyl/N-ethyl adjacent to an activating group) is 1. The summed E-state index contributed by atoms with van der Waals surface area (Å²) in [6, 6.07) is 16.9. The zero-order valence-corrected chi connectivity index (χ0v) is 16.1. The number of amides is 2. The molecule has 0 bridgehead atoms. The Balaban J connectivity index is 1.82. The number of benzene rings is 2. The third-order valence-corrected chi connectivity index (χ3v) is 4.00. The summed E-state index contributed by atoms with van der Waals surface area (Å²) in [4.78, 5) is 16.0. The summed E-state index contributed by atoms with van der Waals surface area (Å²) in [5.74, 6) is 0.800. The third kappa shape index (κ3) is 7.00. The minimum absolute atomic E-state index is 0.154. The van der Waals surface area contributed by atoms with Gasteiger partial charge in [0.2, 0.25) is 0 Å². The van der Waals surface area contributed by atoms with Gasteiger partial charge in [-0.15, -0.1) is 0 Å². The lowest BCUT2D eigenvalue weighted by molar-refractivity contribution is 0.206. The summed E-state index contributed by atoms with van der Waals surface area (Å²) in [6.07, 6.45) is 0. The summed E-state index contributed by atoms with van der Waals surface area (Å²) in [6.45, 7) is 2.38. The van der Waals surface area contributed by atoms with Crippen LogP contribution in [0.25, 0.3) is 0 Å². The van der Waals surface area contributed by atoms with Crippen LogP contribution >= 0.6 is 0 Å². The standard InChI is InChI=1S/C21H26N4O2/c1-24(2)11-12-27-20-6-4-5-19(13-20)15-23-21(26)25(3)16-18-9-7-17(14-22)8-10-18/h4-10,13H,11-12,15-16H2,1-3H3,(H,23,26). The molecule has 0 aliphatic rings. The molecule has 142 valence electrons. The van der Waals surface area contributed by atoms with E-state index in [4.69, 9.17) is 10.00 Å². The Bertz CT molecular complexity index is 782. The van der Waals surface area contributed by atoms with Gasteiger partial charge in [-0.1, -0.05) is 24.3 Å². The molecular weight excluding hydrogens is 340 g/mol. The van der Waals surface area contributed by atoms with Crippen molar-refractivity contribution in [2.24, 2.45) is 0 Å². The SMILES string of the molecule is CN(C)CCOc1cccc(CNC(=O)N(C)Cc2ccc(C#N)cc2)c1. The van der Waals surface area contributed by atoms with E-state index in [-0.39, 0.29) is 6.03 Å². The van der Waals surface area contributed by atoms with E-state index in [1.165, 1.54) is 0 Å². The number of hydrogen-bond acceptors (Lipinski definition) is 4. The van der Waals surface area contributed by atoms with E-state index in [0.29, 0.717) is 25.3 Å². The number of nitriles is 1. The molecular formula is C21H26N4O2. The Morgan fingerprint density at radius 2 is 1.85 bits per heavy atom. The van der Waals surface area contributed by atoms with E-state index in [1.54, 1.807) is 24.1 Å². The van der Waals surface area contributed by atoms with Gasteiger partial charge in [-0.25, -0.2) is 4.79 Å². The normalized spacial score (nSPS) is 10.3. The molecule has 0 radical (unpaired) electrons. The van der Waals surface area contributed by atoms with Crippen LogP contribution in [0.4, 0.5) is 4.79 Å². The fraction of sp³-hybridized carbons (Fsp3) is 0.333. The molecule has 1 N–H and O–H groups in total. The summed E-state index contributed by atoms with van der Waals surface area (Å²) in [5.41, 5.74) is 2.57. The van der Waals surface area contributed by atoms with Crippen LogP contribution in [0, 0.1) is 11.3 Å². The fourth-order valence-corrected chi connectivity index (χ4v) is 2.43. The topological polar surface area (TPSA) is 68.6 Å². The first-order chi connectivity index (χ1) is 13.0. The van der Waals surface area contributed by atoms with Gasteiger partial charge in [0.15, 0.2) is 0 Å². The molecule has 0 saturated carbocycles. The number of nitrogens with one attached hydrogen (secondary N) is 1. The minimum atomic E-state index is -0.154. The zero-order chi connectivity index (χ0) is 19.6. The lowest BCUT2D eigenvalue weighted by Crippen LogP contribution is -2.36. The Morgan fingerprint density at radius 3 is 2.52 bits per heavy atom. The second-order valence-electron chi connectivity index (χ2n) is 6.62. The van der Waals surface area contributed by atoms with Crippen molar-refractivity contribution in [1.82, 2.24) is 15.1 Å². The fourth-order valence-electron chi connectivity index (χ4n) is 2.43. The predicted octanol–water partition coefficient (Wildman–Crippen LogP) is 2.84. The number of hydrogen-bond donors (Lipinski definition) is 1. The smallest absolute Gasteiger partial charge is 0.317 e. The number of rotatable bonds is 8. The quantitative estimate of drug-likeness (QED) is 0.780. The van der Waals surface area contributed by atoms with E-state index >= 15 is 0 Å². The number of carbonyl (C=O) groups excluding carboxylic acids is 1. The van der Waals surface area contributed by atoms with Crippen LogP contribution in [0.1, 0.15) is 16.7 Å². The highest BCUT2D eigenvalue weighted by molar-refractivity contribution is 5.73. The largest absolute Gasteiger partial charge is 0.492 e. The van der Waals surface area contributed by atoms with Gasteiger partial charge >= 0.3 is 6.03 Å². The van der Waals surface area contributed by atoms with E-state index in [1.807, 2.05) is 50.5 Å². The summed E-state index contributed by atoms with van der Waals surface area (Å²) >= 11 is 0. The highest BCUT2D eigenvalue weighted by Gasteiger charge is 2.09. The maximum Gasteiger partial charge on any atom is 0.317 e. The lowest BCUT2D eigenvalue weighted by Gasteiger charge is -2.18. The van der Waals surface area contributed by atoms with E-state index in [0.717, 1.165) is 23.4 Å². The van der Waals surface area contributed by atoms with Gasteiger partial charge in [0.1, 0.15) is 12.4 Å². The molecule has 0 aliphatic heterocycles. The molecule has 0 fully saturated rings. The number of carbonyl (C=O) groups is 1. The van der Waals surface area contributed by atoms with E-state index in [9.17, 15) is 4.79 Å². The molecule has 0 aromatic heterocycles. The van der Waals surface area contributed by atoms with E-state index in [2.05, 4.69) is 16.3 Å². The van der Waals surface area contributed by atoms with Crippen molar-refractivity contribution in [2.45, 2.75) is 13.1 Å². The van der Waals surface area contributed by atoms with Crippen molar-refractivity contribution in [3.63, 3.8) is 0 Å². The second-order valence-corrected chi connectivity index (χ2v) is 6.62. The van der Waals surface area contributed by atoms with Crippen molar-refractivity contribution >= 4 is 6.03 Å². The van der Waals surface area contributed by atoms with Gasteiger partial charge < -0.3 is 19.9 Å². The molecule has 0 unspecified atom stereocenters. The Morgan fingerprint density at radius 1 is 1.11 bits per heavy atom. The first-order valence-electron chi connectivity index (χ1n) is 8.82. The van der Waals surface area contributed by atoms with Crippen LogP contribution in [-0.4, -0.2) is 50.1 Å². The monoisotopic (exact) mass is 366 g/mol. The Kier molecular flexibility index (Phi) is 7.65. The number of ether oxygens (including phenoxy) is 1. The zero-order valence-electron chi connectivity index (χ0n) is 16.1. The van der Waals surface area contributed by atoms with Crippen molar-refractivity contribution < 1.29 is 9.53 Å². The van der Waals surface area contributed by atoms with Gasteiger partial charge in [0.25, 0.3) is 0 Å². The van der Waals surface area contributed by atoms with Crippen LogP contribution in [0.5, 0.6) is 5.75 Å². The Hall–Kier alpha value is -3.04. The van der Waals surface area contributed by atoms with Gasteiger partial charge in [0.05, 0.1) is 11.6 Å². The molecule has 6 heteroatoms. The molecule has 0 spiro atoms. The van der Waals surface area contributed by atoms with Gasteiger partial charge in [-0.05, 0) is 49.5 Å². The number of urea groups is 1. The molecule has 2 amide bonds. The molecule has 0 saturated heterocycles. The van der Waals surface area contributed by atoms with Crippen molar-refractivity contribution in [3.8, 4) is 11.8 Å². The van der Waals surface area contributed by atoms with Crippen LogP contribution in [0.2, 0.25) is 0 Å². The van der Waals surface area contributed by atoms with Crippen LogP contribution in [-0.2, 0) is 13.1 Å². The molecule has 0 atom stereocenters. The molecule has 6 nitrogen and oxygen atoms in total. The molecule has 2 aromatic rings.